The van der Waals surface area contributed by atoms with Gasteiger partial charge in [0.1, 0.15) is 17.2 Å². The minimum atomic E-state index is -1.11. The van der Waals surface area contributed by atoms with Crippen molar-refractivity contribution in [2.24, 2.45) is 5.92 Å². The summed E-state index contributed by atoms with van der Waals surface area (Å²) >= 11 is 0. The summed E-state index contributed by atoms with van der Waals surface area (Å²) in [5.74, 6) is -1.93. The van der Waals surface area contributed by atoms with Gasteiger partial charge in [-0.05, 0) is 43.9 Å². The van der Waals surface area contributed by atoms with Crippen LogP contribution in [0.25, 0.3) is 21.9 Å². The lowest BCUT2D eigenvalue weighted by atomic mass is 9.98. The molecular formula is C21H23NO6. The summed E-state index contributed by atoms with van der Waals surface area (Å²) < 4.78 is 11.1. The van der Waals surface area contributed by atoms with Crippen molar-refractivity contribution in [3.8, 4) is 0 Å². The van der Waals surface area contributed by atoms with Crippen molar-refractivity contribution in [3.63, 3.8) is 0 Å². The zero-order valence-corrected chi connectivity index (χ0v) is 16.5. The van der Waals surface area contributed by atoms with E-state index in [0.29, 0.717) is 16.7 Å². The molecule has 2 heterocycles. The molecule has 1 aromatic carbocycles. The first-order valence-corrected chi connectivity index (χ1v) is 9.07. The van der Waals surface area contributed by atoms with Crippen LogP contribution >= 0.6 is 0 Å². The quantitative estimate of drug-likeness (QED) is 0.653. The van der Waals surface area contributed by atoms with Crippen molar-refractivity contribution in [1.82, 2.24) is 5.32 Å². The van der Waals surface area contributed by atoms with E-state index in [2.05, 4.69) is 5.32 Å². The number of aliphatic carboxylic acids is 1. The van der Waals surface area contributed by atoms with Crippen LogP contribution < -0.4 is 10.9 Å². The molecule has 0 saturated carbocycles. The second-order valence-electron chi connectivity index (χ2n) is 7.47. The van der Waals surface area contributed by atoms with Gasteiger partial charge in [-0.25, -0.2) is 9.59 Å². The molecule has 148 valence electrons. The molecule has 0 aliphatic heterocycles. The number of carbonyl (C=O) groups is 2. The number of benzene rings is 1. The second-order valence-corrected chi connectivity index (χ2v) is 7.47. The van der Waals surface area contributed by atoms with E-state index < -0.39 is 23.5 Å². The lowest BCUT2D eigenvalue weighted by Gasteiger charge is -2.18. The van der Waals surface area contributed by atoms with Crippen LogP contribution in [-0.2, 0) is 16.0 Å². The van der Waals surface area contributed by atoms with Crippen molar-refractivity contribution in [3.05, 3.63) is 45.0 Å². The molecule has 7 nitrogen and oxygen atoms in total. The summed E-state index contributed by atoms with van der Waals surface area (Å²) in [6, 6.07) is 0.875. The Balaban J connectivity index is 2.06. The number of carboxylic acids is 1. The maximum Gasteiger partial charge on any atom is 0.340 e. The van der Waals surface area contributed by atoms with E-state index in [0.717, 1.165) is 21.9 Å². The molecule has 28 heavy (non-hydrogen) atoms. The van der Waals surface area contributed by atoms with Crippen molar-refractivity contribution < 1.29 is 23.5 Å². The largest absolute Gasteiger partial charge is 0.480 e. The number of furan rings is 1. The Bertz CT molecular complexity index is 1150. The Kier molecular flexibility index (Phi) is 5.02. The summed E-state index contributed by atoms with van der Waals surface area (Å²) in [5, 5.41) is 13.4. The molecule has 0 fully saturated rings. The number of rotatable bonds is 5. The van der Waals surface area contributed by atoms with Crippen LogP contribution in [0.3, 0.4) is 0 Å². The molecular weight excluding hydrogens is 362 g/mol. The van der Waals surface area contributed by atoms with E-state index in [1.165, 1.54) is 0 Å². The van der Waals surface area contributed by atoms with Gasteiger partial charge < -0.3 is 19.3 Å². The molecule has 0 bridgehead atoms. The van der Waals surface area contributed by atoms with Gasteiger partial charge in [0.05, 0.1) is 18.2 Å². The van der Waals surface area contributed by atoms with Crippen molar-refractivity contribution in [1.29, 1.82) is 0 Å². The highest BCUT2D eigenvalue weighted by atomic mass is 16.4. The molecule has 0 aliphatic rings. The van der Waals surface area contributed by atoms with Gasteiger partial charge in [-0.3, -0.25) is 4.79 Å². The highest BCUT2D eigenvalue weighted by Gasteiger charge is 2.25. The van der Waals surface area contributed by atoms with Crippen LogP contribution in [0.1, 0.15) is 36.1 Å². The third kappa shape index (κ3) is 3.28. The van der Waals surface area contributed by atoms with Gasteiger partial charge in [0.2, 0.25) is 5.91 Å². The number of aryl methyl sites for hydroxylation is 3. The molecule has 0 saturated heterocycles. The number of amides is 1. The van der Waals surface area contributed by atoms with E-state index >= 15 is 0 Å². The van der Waals surface area contributed by atoms with Gasteiger partial charge >= 0.3 is 11.6 Å². The molecule has 0 spiro atoms. The van der Waals surface area contributed by atoms with Crippen molar-refractivity contribution in [2.75, 3.05) is 0 Å². The molecule has 1 atom stereocenters. The van der Waals surface area contributed by atoms with Crippen LogP contribution in [0.2, 0.25) is 0 Å². The Hall–Kier alpha value is -3.09. The fraction of sp³-hybridized carbons (Fsp3) is 0.381. The first-order valence-electron chi connectivity index (χ1n) is 9.07. The maximum atomic E-state index is 12.5. The lowest BCUT2D eigenvalue weighted by Crippen LogP contribution is -2.45. The third-order valence-electron chi connectivity index (χ3n) is 5.12. The summed E-state index contributed by atoms with van der Waals surface area (Å²) in [7, 11) is 0. The Morgan fingerprint density at radius 1 is 1.11 bits per heavy atom. The van der Waals surface area contributed by atoms with Crippen molar-refractivity contribution >= 4 is 33.8 Å². The second kappa shape index (κ2) is 7.14. The third-order valence-corrected chi connectivity index (χ3v) is 5.12. The van der Waals surface area contributed by atoms with E-state index in [-0.39, 0.29) is 17.9 Å². The van der Waals surface area contributed by atoms with E-state index in [1.807, 2.05) is 19.9 Å². The summed E-state index contributed by atoms with van der Waals surface area (Å²) in [6.45, 7) is 8.92. The molecule has 1 amide bonds. The fourth-order valence-corrected chi connectivity index (χ4v) is 3.42. The maximum absolute atomic E-state index is 12.5. The number of carbonyl (C=O) groups excluding carboxylic acids is 1. The standard InChI is InChI=1S/C21H23NO6/c1-9(2)17(20(24)25)22-16(23)7-15-11(4)14-6-13-10(3)8-27-18(13)12(5)19(14)28-21(15)26/h6,8-9,17H,7H2,1-5H3,(H,22,23)(H,24,25)/t17-/m0/s1. The van der Waals surface area contributed by atoms with Crippen LogP contribution in [0.4, 0.5) is 0 Å². The van der Waals surface area contributed by atoms with Gasteiger partial charge in [0.25, 0.3) is 0 Å². The van der Waals surface area contributed by atoms with Crippen LogP contribution in [0.5, 0.6) is 0 Å². The zero-order valence-electron chi connectivity index (χ0n) is 16.5. The monoisotopic (exact) mass is 385 g/mol. The number of hydrogen-bond donors (Lipinski definition) is 2. The highest BCUT2D eigenvalue weighted by molar-refractivity contribution is 6.00. The molecule has 0 aliphatic carbocycles. The summed E-state index contributed by atoms with van der Waals surface area (Å²) in [5.41, 5.74) is 3.04. The molecule has 7 heteroatoms. The van der Waals surface area contributed by atoms with Gasteiger partial charge in [0, 0.05) is 16.3 Å². The lowest BCUT2D eigenvalue weighted by molar-refractivity contribution is -0.143. The van der Waals surface area contributed by atoms with Gasteiger partial charge in [0.15, 0.2) is 0 Å². The smallest absolute Gasteiger partial charge is 0.340 e. The van der Waals surface area contributed by atoms with Gasteiger partial charge in [-0.1, -0.05) is 13.8 Å². The highest BCUT2D eigenvalue weighted by Crippen LogP contribution is 2.32. The first-order chi connectivity index (χ1) is 13.1. The number of fused-ring (bicyclic) bond motifs is 2. The normalized spacial score (nSPS) is 12.6. The average molecular weight is 385 g/mol. The van der Waals surface area contributed by atoms with Crippen LogP contribution in [0.15, 0.2) is 26.0 Å². The first kappa shape index (κ1) is 19.7. The number of carboxylic acid groups (broad SMARTS) is 1. The Morgan fingerprint density at radius 3 is 2.39 bits per heavy atom. The summed E-state index contributed by atoms with van der Waals surface area (Å²) in [4.78, 5) is 36.2. The molecule has 2 aromatic heterocycles. The summed E-state index contributed by atoms with van der Waals surface area (Å²) in [6.07, 6.45) is 1.40. The Morgan fingerprint density at radius 2 is 1.79 bits per heavy atom. The van der Waals surface area contributed by atoms with Crippen LogP contribution in [-0.4, -0.2) is 23.0 Å². The minimum Gasteiger partial charge on any atom is -0.480 e. The molecule has 3 aromatic rings. The van der Waals surface area contributed by atoms with E-state index in [1.54, 1.807) is 27.0 Å². The molecule has 2 N–H and O–H groups in total. The fourth-order valence-electron chi connectivity index (χ4n) is 3.42. The number of nitrogens with one attached hydrogen (secondary N) is 1. The van der Waals surface area contributed by atoms with E-state index in [4.69, 9.17) is 8.83 Å². The Labute approximate surface area is 161 Å². The minimum absolute atomic E-state index is 0.220. The predicted molar refractivity (Wildman–Crippen MR) is 105 cm³/mol. The van der Waals surface area contributed by atoms with E-state index in [9.17, 15) is 19.5 Å². The average Bonchev–Trinajstić information content (AvgIpc) is 2.98. The SMILES string of the molecule is Cc1coc2c(C)c3oc(=O)c(CC(=O)N[C@H](C(=O)O)C(C)C)c(C)c3cc12. The van der Waals surface area contributed by atoms with Gasteiger partial charge in [-0.2, -0.15) is 0 Å². The van der Waals surface area contributed by atoms with Crippen molar-refractivity contribution in [2.45, 2.75) is 47.1 Å². The molecule has 3 rings (SSSR count). The topological polar surface area (TPSA) is 110 Å². The zero-order chi connectivity index (χ0) is 20.7. The molecule has 0 unspecified atom stereocenters. The molecule has 0 radical (unpaired) electrons. The number of hydrogen-bond acceptors (Lipinski definition) is 5. The van der Waals surface area contributed by atoms with Gasteiger partial charge in [-0.15, -0.1) is 0 Å². The van der Waals surface area contributed by atoms with Crippen LogP contribution in [0, 0.1) is 26.7 Å². The predicted octanol–water partition coefficient (Wildman–Crippen LogP) is 3.23.